The largest absolute Gasteiger partial charge is 0.394 e. The lowest BCUT2D eigenvalue weighted by molar-refractivity contribution is -0.125. The number of unbranched alkanes of at least 4 members (excludes halogenated alkanes) is 31. The smallest absolute Gasteiger partial charge is 0.222 e. The van der Waals surface area contributed by atoms with Crippen molar-refractivity contribution in [3.63, 3.8) is 0 Å². The van der Waals surface area contributed by atoms with Crippen LogP contribution in [0.5, 0.6) is 0 Å². The van der Waals surface area contributed by atoms with Crippen LogP contribution >= 0.6 is 0 Å². The minimum absolute atomic E-state index is 0.0428. The highest BCUT2D eigenvalue weighted by molar-refractivity contribution is 5.76. The molecule has 5 heteroatoms. The SMILES string of the molecule is CCCCCCCCCCCCCCCCCCCCC(O)CC(=O)NC(CO)C(O)CCCCCCCCCCCCCCCCC. The molecule has 0 saturated carbocycles. The van der Waals surface area contributed by atoms with Crippen LogP contribution in [0, 0.1) is 0 Å². The zero-order chi connectivity index (χ0) is 35.2. The minimum Gasteiger partial charge on any atom is -0.394 e. The van der Waals surface area contributed by atoms with Gasteiger partial charge in [0.2, 0.25) is 5.91 Å². The molecule has 0 aliphatic rings. The lowest BCUT2D eigenvalue weighted by atomic mass is 10.0. The van der Waals surface area contributed by atoms with Crippen molar-refractivity contribution in [2.24, 2.45) is 0 Å². The molecule has 0 radical (unpaired) electrons. The van der Waals surface area contributed by atoms with Gasteiger partial charge in [0.1, 0.15) is 0 Å². The van der Waals surface area contributed by atoms with E-state index >= 15 is 0 Å². The fourth-order valence-corrected chi connectivity index (χ4v) is 7.05. The van der Waals surface area contributed by atoms with E-state index in [1.54, 1.807) is 0 Å². The van der Waals surface area contributed by atoms with Gasteiger partial charge in [0.15, 0.2) is 0 Å². The van der Waals surface area contributed by atoms with Crippen LogP contribution in [0.1, 0.15) is 245 Å². The Kier molecular flexibility index (Phi) is 38.6. The molecule has 1 amide bonds. The first kappa shape index (κ1) is 47.4. The number of hydrogen-bond donors (Lipinski definition) is 4. The van der Waals surface area contributed by atoms with Gasteiger partial charge < -0.3 is 20.6 Å². The first-order chi connectivity index (χ1) is 23.5. The average molecular weight is 682 g/mol. The summed E-state index contributed by atoms with van der Waals surface area (Å²) in [5.41, 5.74) is 0. The standard InChI is InChI=1S/C43H87NO4/c1-3-5-7-9-11-13-15-17-19-20-21-23-24-26-28-30-32-34-36-40(46)38-43(48)44-41(39-45)42(47)37-35-33-31-29-27-25-22-18-16-14-12-10-8-6-4-2/h40-42,45-47H,3-39H2,1-2H3,(H,44,48). The molecule has 0 fully saturated rings. The quantitative estimate of drug-likeness (QED) is 0.0485. The fraction of sp³-hybridized carbons (Fsp3) is 0.977. The Balaban J connectivity index is 3.58. The van der Waals surface area contributed by atoms with Crippen molar-refractivity contribution in [3.8, 4) is 0 Å². The maximum absolute atomic E-state index is 12.4. The third-order valence-corrected chi connectivity index (χ3v) is 10.4. The molecule has 0 saturated heterocycles. The molecule has 4 N–H and O–H groups in total. The molecule has 3 unspecified atom stereocenters. The van der Waals surface area contributed by atoms with Crippen LogP contribution in [0.3, 0.4) is 0 Å². The molecular weight excluding hydrogens is 594 g/mol. The maximum atomic E-state index is 12.4. The summed E-state index contributed by atoms with van der Waals surface area (Å²) in [4.78, 5) is 12.4. The third-order valence-electron chi connectivity index (χ3n) is 10.4. The van der Waals surface area contributed by atoms with Crippen LogP contribution in [-0.4, -0.2) is 46.1 Å². The molecular formula is C43H87NO4. The van der Waals surface area contributed by atoms with E-state index in [9.17, 15) is 20.1 Å². The molecule has 0 rings (SSSR count). The van der Waals surface area contributed by atoms with Crippen LogP contribution in [0.25, 0.3) is 0 Å². The van der Waals surface area contributed by atoms with Gasteiger partial charge in [-0.2, -0.15) is 0 Å². The van der Waals surface area contributed by atoms with Gasteiger partial charge in [-0.25, -0.2) is 0 Å². The van der Waals surface area contributed by atoms with E-state index in [1.165, 1.54) is 186 Å². The molecule has 0 heterocycles. The van der Waals surface area contributed by atoms with Crippen LogP contribution in [0.2, 0.25) is 0 Å². The Labute approximate surface area is 300 Å². The lowest BCUT2D eigenvalue weighted by Gasteiger charge is -2.23. The Hall–Kier alpha value is -0.650. The number of aliphatic hydroxyl groups is 3. The molecule has 3 atom stereocenters. The number of carbonyl (C=O) groups is 1. The lowest BCUT2D eigenvalue weighted by Crippen LogP contribution is -2.46. The van der Waals surface area contributed by atoms with E-state index in [1.807, 2.05) is 0 Å². The molecule has 0 aromatic carbocycles. The summed E-state index contributed by atoms with van der Waals surface area (Å²) in [6.07, 6.45) is 43.5. The van der Waals surface area contributed by atoms with Crippen molar-refractivity contribution in [1.29, 1.82) is 0 Å². The molecule has 0 aliphatic carbocycles. The third kappa shape index (κ3) is 35.2. The number of rotatable bonds is 40. The fourth-order valence-electron chi connectivity index (χ4n) is 7.05. The molecule has 0 aromatic rings. The van der Waals surface area contributed by atoms with E-state index in [0.29, 0.717) is 12.8 Å². The highest BCUT2D eigenvalue weighted by Gasteiger charge is 2.21. The van der Waals surface area contributed by atoms with Crippen LogP contribution in [-0.2, 0) is 4.79 Å². The number of amides is 1. The van der Waals surface area contributed by atoms with Gasteiger partial charge in [-0.1, -0.05) is 226 Å². The normalized spacial score (nSPS) is 13.5. The van der Waals surface area contributed by atoms with Gasteiger partial charge >= 0.3 is 0 Å². The molecule has 5 nitrogen and oxygen atoms in total. The van der Waals surface area contributed by atoms with E-state index in [-0.39, 0.29) is 18.9 Å². The molecule has 0 spiro atoms. The van der Waals surface area contributed by atoms with Gasteiger partial charge in [-0.15, -0.1) is 0 Å². The van der Waals surface area contributed by atoms with E-state index in [2.05, 4.69) is 19.2 Å². The van der Waals surface area contributed by atoms with Crippen molar-refractivity contribution in [2.45, 2.75) is 263 Å². The summed E-state index contributed by atoms with van der Waals surface area (Å²) in [5.74, 6) is -0.278. The predicted molar refractivity (Wildman–Crippen MR) is 209 cm³/mol. The Morgan fingerprint density at radius 2 is 0.708 bits per heavy atom. The molecule has 48 heavy (non-hydrogen) atoms. The summed E-state index contributed by atoms with van der Waals surface area (Å²) >= 11 is 0. The average Bonchev–Trinajstić information content (AvgIpc) is 3.08. The second-order valence-electron chi connectivity index (χ2n) is 15.3. The van der Waals surface area contributed by atoms with Gasteiger partial charge in [0.05, 0.1) is 31.3 Å². The predicted octanol–water partition coefficient (Wildman–Crippen LogP) is 12.3. The summed E-state index contributed by atoms with van der Waals surface area (Å²) < 4.78 is 0. The summed E-state index contributed by atoms with van der Waals surface area (Å²) in [5, 5.41) is 33.4. The second kappa shape index (κ2) is 39.1. The van der Waals surface area contributed by atoms with Gasteiger partial charge in [-0.3, -0.25) is 4.79 Å². The highest BCUT2D eigenvalue weighted by atomic mass is 16.3. The van der Waals surface area contributed by atoms with Crippen molar-refractivity contribution in [3.05, 3.63) is 0 Å². The maximum Gasteiger partial charge on any atom is 0.222 e. The topological polar surface area (TPSA) is 89.8 Å². The molecule has 0 aliphatic heterocycles. The van der Waals surface area contributed by atoms with Crippen LogP contribution < -0.4 is 5.32 Å². The van der Waals surface area contributed by atoms with Crippen molar-refractivity contribution < 1.29 is 20.1 Å². The zero-order valence-corrected chi connectivity index (χ0v) is 32.6. The Morgan fingerprint density at radius 3 is 1.00 bits per heavy atom. The van der Waals surface area contributed by atoms with E-state index < -0.39 is 18.2 Å². The van der Waals surface area contributed by atoms with E-state index in [4.69, 9.17) is 0 Å². The minimum atomic E-state index is -0.743. The van der Waals surface area contributed by atoms with Crippen molar-refractivity contribution in [2.75, 3.05) is 6.61 Å². The molecule has 0 bridgehead atoms. The number of hydrogen-bond acceptors (Lipinski definition) is 4. The number of aliphatic hydroxyl groups excluding tert-OH is 3. The zero-order valence-electron chi connectivity index (χ0n) is 32.6. The highest BCUT2D eigenvalue weighted by Crippen LogP contribution is 2.17. The first-order valence-electron chi connectivity index (χ1n) is 21.8. The monoisotopic (exact) mass is 682 g/mol. The second-order valence-corrected chi connectivity index (χ2v) is 15.3. The summed E-state index contributed by atoms with van der Waals surface area (Å²) in [6.45, 7) is 4.28. The summed E-state index contributed by atoms with van der Waals surface area (Å²) in [6, 6.07) is -0.651. The first-order valence-corrected chi connectivity index (χ1v) is 21.8. The number of carbonyl (C=O) groups excluding carboxylic acids is 1. The number of nitrogens with one attached hydrogen (secondary N) is 1. The van der Waals surface area contributed by atoms with Crippen molar-refractivity contribution >= 4 is 5.91 Å². The van der Waals surface area contributed by atoms with E-state index in [0.717, 1.165) is 25.7 Å². The van der Waals surface area contributed by atoms with Gasteiger partial charge in [-0.05, 0) is 12.8 Å². The molecule has 0 aromatic heterocycles. The van der Waals surface area contributed by atoms with Crippen LogP contribution in [0.4, 0.5) is 0 Å². The van der Waals surface area contributed by atoms with Gasteiger partial charge in [0, 0.05) is 0 Å². The Bertz CT molecular complexity index is 630. The molecule has 288 valence electrons. The summed E-state index contributed by atoms with van der Waals surface area (Å²) in [7, 11) is 0. The van der Waals surface area contributed by atoms with Crippen molar-refractivity contribution in [1.82, 2.24) is 5.32 Å². The van der Waals surface area contributed by atoms with Crippen LogP contribution in [0.15, 0.2) is 0 Å². The Morgan fingerprint density at radius 1 is 0.438 bits per heavy atom. The van der Waals surface area contributed by atoms with Gasteiger partial charge in [0.25, 0.3) is 0 Å².